The molecule has 3 rings (SSSR count). The van der Waals surface area contributed by atoms with Crippen molar-refractivity contribution in [2.24, 2.45) is 0 Å². The van der Waals surface area contributed by atoms with Crippen molar-refractivity contribution in [2.75, 3.05) is 0 Å². The van der Waals surface area contributed by atoms with Gasteiger partial charge in [0.25, 0.3) is 0 Å². The van der Waals surface area contributed by atoms with E-state index < -0.39 is 0 Å². The van der Waals surface area contributed by atoms with E-state index in [-0.39, 0.29) is 20.3 Å². The maximum atomic E-state index is 12.2. The Balaban J connectivity index is 2.28. The van der Waals surface area contributed by atoms with E-state index in [4.69, 9.17) is 0 Å². The zero-order valence-corrected chi connectivity index (χ0v) is 11.6. The number of benzene rings is 1. The molecule has 1 aromatic carbocycles. The second-order valence-corrected chi connectivity index (χ2v) is 6.04. The molecule has 6 heteroatoms. The van der Waals surface area contributed by atoms with Crippen molar-refractivity contribution in [3.8, 4) is 5.95 Å². The first-order chi connectivity index (χ1) is 8.66. The van der Waals surface area contributed by atoms with Crippen LogP contribution in [0.4, 0.5) is 0 Å². The molecule has 3 aromatic rings. The molecule has 0 fully saturated rings. The quantitative estimate of drug-likeness (QED) is 0.625. The van der Waals surface area contributed by atoms with Crippen LogP contribution in [0.5, 0.6) is 0 Å². The summed E-state index contributed by atoms with van der Waals surface area (Å²) in [6.45, 7) is 3.72. The monoisotopic (exact) mass is 306 g/mol. The molecule has 0 aliphatic rings. The predicted molar refractivity (Wildman–Crippen MR) is 69.3 cm³/mol. The SMILES string of the molecule is Cc1nnc(-n2[se]c3ccccc3c2=O)nc1C. The van der Waals surface area contributed by atoms with Crippen molar-refractivity contribution in [1.82, 2.24) is 18.7 Å². The van der Waals surface area contributed by atoms with Crippen LogP contribution in [0.25, 0.3) is 15.6 Å². The van der Waals surface area contributed by atoms with Crippen LogP contribution in [-0.4, -0.2) is 33.5 Å². The third-order valence-electron chi connectivity index (χ3n) is 2.75. The first-order valence-corrected chi connectivity index (χ1v) is 7.08. The summed E-state index contributed by atoms with van der Waals surface area (Å²) in [4.78, 5) is 16.6. The van der Waals surface area contributed by atoms with Gasteiger partial charge in [-0.15, -0.1) is 0 Å². The summed E-state index contributed by atoms with van der Waals surface area (Å²) >= 11 is -0.100. The number of nitrogens with zero attached hydrogens (tertiary/aromatic N) is 4. The summed E-state index contributed by atoms with van der Waals surface area (Å²) in [5, 5.41) is 8.79. The van der Waals surface area contributed by atoms with E-state index in [1.165, 1.54) is 0 Å². The molecule has 0 saturated carbocycles. The summed E-state index contributed by atoms with van der Waals surface area (Å²) < 4.78 is 2.69. The Labute approximate surface area is 109 Å². The fourth-order valence-electron chi connectivity index (χ4n) is 1.64. The van der Waals surface area contributed by atoms with Crippen molar-refractivity contribution in [3.63, 3.8) is 0 Å². The Morgan fingerprint density at radius 1 is 1.11 bits per heavy atom. The van der Waals surface area contributed by atoms with Crippen molar-refractivity contribution < 1.29 is 0 Å². The molecule has 0 amide bonds. The zero-order valence-electron chi connectivity index (χ0n) is 9.91. The molecule has 0 aliphatic heterocycles. The Morgan fingerprint density at radius 2 is 1.89 bits per heavy atom. The summed E-state index contributed by atoms with van der Waals surface area (Å²) in [6, 6.07) is 7.63. The van der Waals surface area contributed by atoms with Gasteiger partial charge in [-0.25, -0.2) is 0 Å². The molecule has 2 heterocycles. The normalized spacial score (nSPS) is 11.0. The van der Waals surface area contributed by atoms with Crippen LogP contribution in [0, 0.1) is 13.8 Å². The van der Waals surface area contributed by atoms with Crippen LogP contribution in [-0.2, 0) is 0 Å². The Hall–Kier alpha value is -1.78. The van der Waals surface area contributed by atoms with Gasteiger partial charge in [0.15, 0.2) is 0 Å². The van der Waals surface area contributed by atoms with Crippen LogP contribution in [0.15, 0.2) is 29.1 Å². The predicted octanol–water partition coefficient (Wildman–Crippen LogP) is 0.850. The van der Waals surface area contributed by atoms with E-state index >= 15 is 0 Å². The molecular formula is C12H10N4OSe. The summed E-state index contributed by atoms with van der Waals surface area (Å²) in [6.07, 6.45) is 0. The van der Waals surface area contributed by atoms with Gasteiger partial charge in [0.2, 0.25) is 0 Å². The number of hydrogen-bond acceptors (Lipinski definition) is 4. The van der Waals surface area contributed by atoms with E-state index in [9.17, 15) is 4.79 Å². The van der Waals surface area contributed by atoms with Crippen LogP contribution in [0.1, 0.15) is 11.4 Å². The maximum absolute atomic E-state index is 12.2. The van der Waals surface area contributed by atoms with Crippen LogP contribution in [0.2, 0.25) is 0 Å². The summed E-state index contributed by atoms with van der Waals surface area (Å²) in [7, 11) is 0. The summed E-state index contributed by atoms with van der Waals surface area (Å²) in [5.41, 5.74) is 1.56. The molecule has 18 heavy (non-hydrogen) atoms. The van der Waals surface area contributed by atoms with Gasteiger partial charge in [-0.2, -0.15) is 0 Å². The second-order valence-electron chi connectivity index (χ2n) is 3.97. The molecule has 0 spiro atoms. The molecule has 2 aromatic heterocycles. The third-order valence-corrected chi connectivity index (χ3v) is 4.99. The molecule has 0 unspecified atom stereocenters. The van der Waals surface area contributed by atoms with Crippen molar-refractivity contribution in [2.45, 2.75) is 13.8 Å². The van der Waals surface area contributed by atoms with Crippen molar-refractivity contribution in [3.05, 3.63) is 46.0 Å². The first kappa shape index (κ1) is 11.3. The fraction of sp³-hybridized carbons (Fsp3) is 0.167. The van der Waals surface area contributed by atoms with Gasteiger partial charge in [-0.3, -0.25) is 0 Å². The fourth-order valence-corrected chi connectivity index (χ4v) is 3.59. The molecule has 0 N–H and O–H groups in total. The molecular weight excluding hydrogens is 295 g/mol. The van der Waals surface area contributed by atoms with Gasteiger partial charge >= 0.3 is 109 Å². The minimum absolute atomic E-state index is 0.0318. The minimum atomic E-state index is -0.100. The molecule has 0 aliphatic carbocycles. The van der Waals surface area contributed by atoms with Gasteiger partial charge in [-0.05, 0) is 0 Å². The van der Waals surface area contributed by atoms with Gasteiger partial charge in [-0.1, -0.05) is 0 Å². The number of fused-ring (bicyclic) bond motifs is 1. The molecule has 0 atom stereocenters. The second kappa shape index (κ2) is 4.15. The van der Waals surface area contributed by atoms with Gasteiger partial charge in [0.1, 0.15) is 0 Å². The third kappa shape index (κ3) is 1.70. The van der Waals surface area contributed by atoms with E-state index in [0.717, 1.165) is 21.0 Å². The Kier molecular flexibility index (Phi) is 2.61. The summed E-state index contributed by atoms with van der Waals surface area (Å²) in [5.74, 6) is 0.402. The first-order valence-electron chi connectivity index (χ1n) is 5.46. The van der Waals surface area contributed by atoms with Gasteiger partial charge in [0.05, 0.1) is 0 Å². The number of rotatable bonds is 1. The van der Waals surface area contributed by atoms with Crippen LogP contribution in [0.3, 0.4) is 0 Å². The van der Waals surface area contributed by atoms with Gasteiger partial charge in [0, 0.05) is 0 Å². The number of aryl methyl sites for hydroxylation is 2. The molecule has 0 saturated heterocycles. The van der Waals surface area contributed by atoms with E-state index in [2.05, 4.69) is 15.2 Å². The van der Waals surface area contributed by atoms with E-state index in [0.29, 0.717) is 5.95 Å². The van der Waals surface area contributed by atoms with Crippen molar-refractivity contribution in [1.29, 1.82) is 0 Å². The Morgan fingerprint density at radius 3 is 2.61 bits per heavy atom. The van der Waals surface area contributed by atoms with Crippen LogP contribution < -0.4 is 5.56 Å². The molecule has 5 nitrogen and oxygen atoms in total. The Bertz CT molecular complexity index is 790. The standard InChI is InChI=1S/C12H10N4OSe/c1-7-8(2)14-15-12(13-7)16-11(17)9-5-3-4-6-10(9)18-16/h3-6H,1-2H3. The zero-order chi connectivity index (χ0) is 12.7. The van der Waals surface area contributed by atoms with Crippen molar-refractivity contribution >= 4 is 24.4 Å². The molecule has 90 valence electrons. The van der Waals surface area contributed by atoms with E-state index in [1.807, 2.05) is 38.1 Å². The average Bonchev–Trinajstić information content (AvgIpc) is 2.71. The topological polar surface area (TPSA) is 60.7 Å². The van der Waals surface area contributed by atoms with E-state index in [1.54, 1.807) is 3.56 Å². The molecule has 0 radical (unpaired) electrons. The van der Waals surface area contributed by atoms with Crippen LogP contribution >= 0.6 is 0 Å². The molecule has 0 bridgehead atoms. The average molecular weight is 305 g/mol. The number of aromatic nitrogens is 4. The van der Waals surface area contributed by atoms with Gasteiger partial charge < -0.3 is 0 Å². The number of hydrogen-bond donors (Lipinski definition) is 0.